The number of aryl methyl sites for hydroxylation is 1. The number of carbonyl (C=O) groups excluding carboxylic acids is 1. The van der Waals surface area contributed by atoms with Crippen molar-refractivity contribution < 1.29 is 13.2 Å². The topological polar surface area (TPSA) is 82.2 Å². The number of rotatable bonds is 8. The summed E-state index contributed by atoms with van der Waals surface area (Å²) in [4.78, 5) is 12.5. The fourth-order valence-electron chi connectivity index (χ4n) is 4.36. The van der Waals surface area contributed by atoms with Gasteiger partial charge < -0.3 is 10.3 Å². The van der Waals surface area contributed by atoms with Crippen molar-refractivity contribution in [2.45, 2.75) is 44.0 Å². The molecule has 1 amide bonds. The first-order valence-electron chi connectivity index (χ1n) is 10.8. The number of hydrogen-bond acceptors (Lipinski definition) is 3. The van der Waals surface area contributed by atoms with E-state index in [-0.39, 0.29) is 0 Å². The van der Waals surface area contributed by atoms with Gasteiger partial charge >= 0.3 is 0 Å². The first-order chi connectivity index (χ1) is 15.3. The predicted molar refractivity (Wildman–Crippen MR) is 129 cm³/mol. The molecule has 0 fully saturated rings. The molecule has 6 heteroatoms. The third-order valence-corrected chi connectivity index (χ3v) is 7.09. The number of amides is 1. The zero-order valence-corrected chi connectivity index (χ0v) is 19.2. The minimum Gasteiger partial charge on any atom is -0.366 e. The van der Waals surface area contributed by atoms with Gasteiger partial charge in [-0.1, -0.05) is 50.1 Å². The van der Waals surface area contributed by atoms with Crippen LogP contribution in [0.2, 0.25) is 0 Å². The summed E-state index contributed by atoms with van der Waals surface area (Å²) in [5.41, 5.74) is 9.76. The van der Waals surface area contributed by atoms with Crippen LogP contribution in [0.1, 0.15) is 47.7 Å². The molecule has 5 nitrogen and oxygen atoms in total. The molecule has 0 aliphatic rings. The van der Waals surface area contributed by atoms with Crippen LogP contribution in [0.4, 0.5) is 0 Å². The Morgan fingerprint density at radius 1 is 1.06 bits per heavy atom. The molecule has 4 rings (SSSR count). The number of sulfone groups is 1. The zero-order chi connectivity index (χ0) is 22.9. The van der Waals surface area contributed by atoms with Crippen molar-refractivity contribution in [1.82, 2.24) is 4.57 Å². The second-order valence-corrected chi connectivity index (χ2v) is 10.2. The van der Waals surface area contributed by atoms with Gasteiger partial charge in [0.2, 0.25) is 5.91 Å². The van der Waals surface area contributed by atoms with E-state index in [2.05, 4.69) is 23.6 Å². The van der Waals surface area contributed by atoms with Crippen molar-refractivity contribution in [2.24, 2.45) is 5.73 Å². The molecule has 0 spiro atoms. The maximum atomic E-state index is 12.4. The predicted octanol–water partition coefficient (Wildman–Crippen LogP) is 4.88. The summed E-state index contributed by atoms with van der Waals surface area (Å²) in [6, 6.07) is 20.0. The van der Waals surface area contributed by atoms with Gasteiger partial charge in [-0.25, -0.2) is 8.42 Å². The number of hydrogen-bond donors (Lipinski definition) is 1. The molecule has 1 radical (unpaired) electrons. The average Bonchev–Trinajstić information content (AvgIpc) is 3.06. The first kappa shape index (κ1) is 22.1. The second kappa shape index (κ2) is 8.79. The van der Waals surface area contributed by atoms with Crippen LogP contribution in [-0.4, -0.2) is 25.1 Å². The van der Waals surface area contributed by atoms with E-state index in [0.29, 0.717) is 22.6 Å². The lowest BCUT2D eigenvalue weighted by Crippen LogP contribution is -2.11. The number of aromatic nitrogens is 1. The van der Waals surface area contributed by atoms with Crippen LogP contribution in [0, 0.1) is 6.07 Å². The van der Waals surface area contributed by atoms with Gasteiger partial charge in [0.25, 0.3) is 0 Å². The highest BCUT2D eigenvalue weighted by molar-refractivity contribution is 7.90. The van der Waals surface area contributed by atoms with E-state index in [9.17, 15) is 13.2 Å². The van der Waals surface area contributed by atoms with E-state index < -0.39 is 15.7 Å². The van der Waals surface area contributed by atoms with Gasteiger partial charge in [-0.3, -0.25) is 4.79 Å². The van der Waals surface area contributed by atoms with Gasteiger partial charge in [0.15, 0.2) is 9.84 Å². The Labute approximate surface area is 188 Å². The van der Waals surface area contributed by atoms with Gasteiger partial charge in [-0.2, -0.15) is 0 Å². The molecule has 0 saturated carbocycles. The summed E-state index contributed by atoms with van der Waals surface area (Å²) in [7, 11) is -3.38. The zero-order valence-electron chi connectivity index (χ0n) is 18.4. The van der Waals surface area contributed by atoms with Crippen molar-refractivity contribution in [3.63, 3.8) is 0 Å². The van der Waals surface area contributed by atoms with Crippen LogP contribution < -0.4 is 5.73 Å². The molecule has 0 unspecified atom stereocenters. The normalized spacial score (nSPS) is 11.9. The molecular weight excluding hydrogens is 420 g/mol. The summed E-state index contributed by atoms with van der Waals surface area (Å²) >= 11 is 0. The number of unbranched alkanes of at least 4 members (excludes halogenated alkanes) is 2. The van der Waals surface area contributed by atoms with Crippen molar-refractivity contribution in [3.8, 4) is 0 Å². The van der Waals surface area contributed by atoms with Crippen molar-refractivity contribution >= 4 is 37.6 Å². The Balaban J connectivity index is 1.96. The summed E-state index contributed by atoms with van der Waals surface area (Å²) < 4.78 is 26.8. The number of carbonyl (C=O) groups is 1. The molecule has 0 saturated heterocycles. The van der Waals surface area contributed by atoms with Crippen molar-refractivity contribution in [3.05, 3.63) is 77.4 Å². The molecule has 2 N–H and O–H groups in total. The number of primary amides is 1. The molecule has 4 aromatic rings. The number of benzene rings is 3. The quantitative estimate of drug-likeness (QED) is 0.391. The minimum absolute atomic E-state index is 0.309. The lowest BCUT2D eigenvalue weighted by molar-refractivity contribution is 0.100. The lowest BCUT2D eigenvalue weighted by Gasteiger charge is -2.12. The van der Waals surface area contributed by atoms with E-state index in [1.807, 2.05) is 30.3 Å². The summed E-state index contributed by atoms with van der Waals surface area (Å²) in [5, 5.41) is 1.58. The molecule has 0 atom stereocenters. The van der Waals surface area contributed by atoms with Crippen LogP contribution in [0.15, 0.2) is 59.5 Å². The highest BCUT2D eigenvalue weighted by Gasteiger charge is 2.19. The fourth-order valence-corrected chi connectivity index (χ4v) is 5.30. The highest BCUT2D eigenvalue weighted by atomic mass is 32.2. The van der Waals surface area contributed by atoms with Crippen LogP contribution in [0.3, 0.4) is 0 Å². The maximum absolute atomic E-state index is 12.4. The van der Waals surface area contributed by atoms with Gasteiger partial charge in [0.05, 0.1) is 15.9 Å². The lowest BCUT2D eigenvalue weighted by atomic mass is 10.0. The number of fused-ring (bicyclic) bond motifs is 3. The van der Waals surface area contributed by atoms with E-state index in [0.717, 1.165) is 47.5 Å². The SMILES string of the molecule is CCCCCc1c[c]c2c3c(C(N)=O)cccc3n(Cc3ccccc3S(C)(=O)=O)c2c1. The molecule has 1 aromatic heterocycles. The molecule has 0 bridgehead atoms. The third-order valence-electron chi connectivity index (χ3n) is 5.89. The second-order valence-electron chi connectivity index (χ2n) is 8.26. The number of nitrogens with two attached hydrogens (primary N) is 1. The van der Waals surface area contributed by atoms with Crippen LogP contribution >= 0.6 is 0 Å². The van der Waals surface area contributed by atoms with Gasteiger partial charge in [-0.15, -0.1) is 0 Å². The molecule has 165 valence electrons. The van der Waals surface area contributed by atoms with Crippen LogP contribution in [-0.2, 0) is 22.8 Å². The smallest absolute Gasteiger partial charge is 0.249 e. The monoisotopic (exact) mass is 447 g/mol. The van der Waals surface area contributed by atoms with Gasteiger partial charge in [0.1, 0.15) is 0 Å². The van der Waals surface area contributed by atoms with E-state index in [1.165, 1.54) is 11.8 Å². The van der Waals surface area contributed by atoms with Crippen LogP contribution in [0.25, 0.3) is 21.8 Å². The number of nitrogens with zero attached hydrogens (tertiary/aromatic N) is 1. The summed E-state index contributed by atoms with van der Waals surface area (Å²) in [6.07, 6.45) is 5.58. The average molecular weight is 448 g/mol. The molecular formula is C26H27N2O3S. The van der Waals surface area contributed by atoms with E-state index in [1.54, 1.807) is 18.2 Å². The minimum atomic E-state index is -3.38. The summed E-state index contributed by atoms with van der Waals surface area (Å²) in [5.74, 6) is -0.494. The Kier molecular flexibility index (Phi) is 6.07. The Hall–Kier alpha value is -3.12. The van der Waals surface area contributed by atoms with Crippen molar-refractivity contribution in [1.29, 1.82) is 0 Å². The molecule has 0 aliphatic heterocycles. The highest BCUT2D eigenvalue weighted by Crippen LogP contribution is 2.33. The molecule has 32 heavy (non-hydrogen) atoms. The Morgan fingerprint density at radius 3 is 2.56 bits per heavy atom. The van der Waals surface area contributed by atoms with E-state index in [4.69, 9.17) is 5.73 Å². The van der Waals surface area contributed by atoms with Gasteiger partial charge in [-0.05, 0) is 54.3 Å². The molecule has 3 aromatic carbocycles. The molecule has 1 heterocycles. The Morgan fingerprint density at radius 2 is 1.84 bits per heavy atom. The third kappa shape index (κ3) is 4.15. The largest absolute Gasteiger partial charge is 0.366 e. The summed E-state index contributed by atoms with van der Waals surface area (Å²) in [6.45, 7) is 2.54. The maximum Gasteiger partial charge on any atom is 0.249 e. The standard InChI is InChI=1S/C26H27N2O3S/c1-3-4-5-9-18-14-15-20-23(16-18)28(22-12-8-11-21(25(20)22)26(27)29)17-19-10-6-7-13-24(19)32(2,30)31/h6-8,10-14,16H,3-5,9,17H2,1-2H3,(H2,27,29). The van der Waals surface area contributed by atoms with Crippen LogP contribution in [0.5, 0.6) is 0 Å². The Bertz CT molecular complexity index is 1420. The van der Waals surface area contributed by atoms with Crippen molar-refractivity contribution in [2.75, 3.05) is 6.26 Å². The molecule has 0 aliphatic carbocycles. The first-order valence-corrected chi connectivity index (χ1v) is 12.7. The van der Waals surface area contributed by atoms with E-state index >= 15 is 0 Å². The van der Waals surface area contributed by atoms with Gasteiger partial charge in [0, 0.05) is 29.1 Å². The fraction of sp³-hybridized carbons (Fsp3) is 0.269.